The zero-order valence-corrected chi connectivity index (χ0v) is 10.5. The van der Waals surface area contributed by atoms with Crippen LogP contribution >= 0.6 is 15.9 Å². The lowest BCUT2D eigenvalue weighted by molar-refractivity contribution is 0.101. The molecule has 15 heavy (non-hydrogen) atoms. The van der Waals surface area contributed by atoms with Crippen molar-refractivity contribution in [3.8, 4) is 0 Å². The molecule has 1 aromatic rings. The molecule has 0 aliphatic rings. The predicted octanol–water partition coefficient (Wildman–Crippen LogP) is 3.61. The van der Waals surface area contributed by atoms with Crippen molar-refractivity contribution in [3.63, 3.8) is 0 Å². The Labute approximate surface area is 97.0 Å². The molecule has 0 atom stereocenters. The van der Waals surface area contributed by atoms with Gasteiger partial charge < -0.3 is 5.32 Å². The number of hydrogen-bond donors (Lipinski definition) is 1. The van der Waals surface area contributed by atoms with Crippen LogP contribution < -0.4 is 5.32 Å². The standard InChI is InChI=1S/C11H13BrFNO/c1-6(2)14-10-5-8(12)4-9(13)11(10)7(3)15/h4-6,14H,1-3H3. The third-order valence-corrected chi connectivity index (χ3v) is 2.31. The summed E-state index contributed by atoms with van der Waals surface area (Å²) in [4.78, 5) is 11.3. The Balaban J connectivity index is 3.27. The Bertz CT molecular complexity index is 390. The number of carbonyl (C=O) groups excluding carboxylic acids is 1. The maximum absolute atomic E-state index is 13.5. The van der Waals surface area contributed by atoms with Crippen molar-refractivity contribution in [1.29, 1.82) is 0 Å². The Kier molecular flexibility index (Phi) is 3.85. The van der Waals surface area contributed by atoms with Crippen LogP contribution in [0.25, 0.3) is 0 Å². The Morgan fingerprint density at radius 1 is 1.47 bits per heavy atom. The highest BCUT2D eigenvalue weighted by Gasteiger charge is 2.14. The van der Waals surface area contributed by atoms with Gasteiger partial charge in [-0.1, -0.05) is 15.9 Å². The Morgan fingerprint density at radius 2 is 2.07 bits per heavy atom. The Morgan fingerprint density at radius 3 is 2.53 bits per heavy atom. The summed E-state index contributed by atoms with van der Waals surface area (Å²) in [5, 5.41) is 3.05. The van der Waals surface area contributed by atoms with Crippen molar-refractivity contribution in [2.24, 2.45) is 0 Å². The fraction of sp³-hybridized carbons (Fsp3) is 0.364. The van der Waals surface area contributed by atoms with E-state index in [1.165, 1.54) is 13.0 Å². The van der Waals surface area contributed by atoms with Crippen molar-refractivity contribution in [2.75, 3.05) is 5.32 Å². The fourth-order valence-corrected chi connectivity index (χ4v) is 1.79. The molecule has 4 heteroatoms. The number of Topliss-reactive ketones (excluding diaryl/α,β-unsaturated/α-hetero) is 1. The maximum Gasteiger partial charge on any atom is 0.164 e. The molecule has 0 aliphatic heterocycles. The molecule has 0 heterocycles. The SMILES string of the molecule is CC(=O)c1c(F)cc(Br)cc1NC(C)C. The number of rotatable bonds is 3. The van der Waals surface area contributed by atoms with Gasteiger partial charge in [0.1, 0.15) is 5.82 Å². The zero-order valence-electron chi connectivity index (χ0n) is 8.90. The smallest absolute Gasteiger partial charge is 0.164 e. The molecule has 1 rings (SSSR count). The van der Waals surface area contributed by atoms with Crippen molar-refractivity contribution < 1.29 is 9.18 Å². The van der Waals surface area contributed by atoms with E-state index < -0.39 is 5.82 Å². The van der Waals surface area contributed by atoms with Crippen LogP contribution in [0.2, 0.25) is 0 Å². The molecule has 0 aliphatic carbocycles. The number of hydrogen-bond acceptors (Lipinski definition) is 2. The third kappa shape index (κ3) is 3.02. The van der Waals surface area contributed by atoms with E-state index in [0.717, 1.165) is 0 Å². The average Bonchev–Trinajstić information content (AvgIpc) is 1.99. The maximum atomic E-state index is 13.5. The second kappa shape index (κ2) is 4.75. The fourth-order valence-electron chi connectivity index (χ4n) is 1.36. The molecule has 0 bridgehead atoms. The highest BCUT2D eigenvalue weighted by molar-refractivity contribution is 9.10. The summed E-state index contributed by atoms with van der Waals surface area (Å²) in [5.41, 5.74) is 0.649. The number of nitrogens with one attached hydrogen (secondary N) is 1. The normalized spacial score (nSPS) is 10.5. The second-order valence-corrected chi connectivity index (χ2v) is 4.58. The van der Waals surface area contributed by atoms with Gasteiger partial charge in [-0.3, -0.25) is 4.79 Å². The monoisotopic (exact) mass is 273 g/mol. The van der Waals surface area contributed by atoms with Crippen LogP contribution in [-0.2, 0) is 0 Å². The van der Waals surface area contributed by atoms with Crippen molar-refractivity contribution in [2.45, 2.75) is 26.8 Å². The summed E-state index contributed by atoms with van der Waals surface area (Å²) in [6.45, 7) is 5.23. The van der Waals surface area contributed by atoms with Crippen LogP contribution in [0.5, 0.6) is 0 Å². The largest absolute Gasteiger partial charge is 0.382 e. The van der Waals surface area contributed by atoms with Gasteiger partial charge in [-0.15, -0.1) is 0 Å². The van der Waals surface area contributed by atoms with E-state index in [1.54, 1.807) is 6.07 Å². The lowest BCUT2D eigenvalue weighted by Crippen LogP contribution is -2.14. The van der Waals surface area contributed by atoms with Gasteiger partial charge in [0.05, 0.1) is 5.56 Å². The number of carbonyl (C=O) groups is 1. The van der Waals surface area contributed by atoms with Crippen LogP contribution in [-0.4, -0.2) is 11.8 Å². The van der Waals surface area contributed by atoms with Gasteiger partial charge in [-0.05, 0) is 32.9 Å². The second-order valence-electron chi connectivity index (χ2n) is 3.67. The predicted molar refractivity (Wildman–Crippen MR) is 62.9 cm³/mol. The van der Waals surface area contributed by atoms with E-state index in [9.17, 15) is 9.18 Å². The van der Waals surface area contributed by atoms with Gasteiger partial charge in [0.15, 0.2) is 5.78 Å². The first-order chi connectivity index (χ1) is 6.91. The summed E-state index contributed by atoms with van der Waals surface area (Å²) >= 11 is 3.19. The molecule has 0 saturated carbocycles. The first-order valence-electron chi connectivity index (χ1n) is 4.68. The molecule has 0 unspecified atom stereocenters. The molecule has 1 aromatic carbocycles. The molecule has 0 saturated heterocycles. The van der Waals surface area contributed by atoms with E-state index in [1.807, 2.05) is 13.8 Å². The molecule has 82 valence electrons. The molecular weight excluding hydrogens is 261 g/mol. The van der Waals surface area contributed by atoms with Crippen molar-refractivity contribution in [3.05, 3.63) is 28.0 Å². The van der Waals surface area contributed by atoms with Crippen LogP contribution in [0.4, 0.5) is 10.1 Å². The van der Waals surface area contributed by atoms with Gasteiger partial charge in [0.2, 0.25) is 0 Å². The number of anilines is 1. The summed E-state index contributed by atoms with van der Waals surface area (Å²) in [6, 6.07) is 3.15. The van der Waals surface area contributed by atoms with E-state index in [4.69, 9.17) is 0 Å². The quantitative estimate of drug-likeness (QED) is 0.853. The molecule has 1 N–H and O–H groups in total. The van der Waals surface area contributed by atoms with Gasteiger partial charge in [-0.2, -0.15) is 0 Å². The van der Waals surface area contributed by atoms with Gasteiger partial charge in [0.25, 0.3) is 0 Å². The number of ketones is 1. The van der Waals surface area contributed by atoms with Crippen molar-refractivity contribution >= 4 is 27.4 Å². The lowest BCUT2D eigenvalue weighted by atomic mass is 10.1. The van der Waals surface area contributed by atoms with Crippen LogP contribution in [0.1, 0.15) is 31.1 Å². The van der Waals surface area contributed by atoms with Crippen LogP contribution in [0.15, 0.2) is 16.6 Å². The molecule has 0 fully saturated rings. The van der Waals surface area contributed by atoms with Crippen LogP contribution in [0, 0.1) is 5.82 Å². The van der Waals surface area contributed by atoms with E-state index >= 15 is 0 Å². The number of halogens is 2. The topological polar surface area (TPSA) is 29.1 Å². The summed E-state index contributed by atoms with van der Waals surface area (Å²) in [6.07, 6.45) is 0. The molecule has 0 aromatic heterocycles. The molecule has 0 spiro atoms. The minimum Gasteiger partial charge on any atom is -0.382 e. The Hall–Kier alpha value is -0.900. The minimum atomic E-state index is -0.500. The van der Waals surface area contributed by atoms with E-state index in [2.05, 4.69) is 21.2 Å². The number of benzene rings is 1. The first-order valence-corrected chi connectivity index (χ1v) is 5.47. The van der Waals surface area contributed by atoms with Gasteiger partial charge in [0, 0.05) is 16.2 Å². The van der Waals surface area contributed by atoms with Gasteiger partial charge in [-0.25, -0.2) is 4.39 Å². The van der Waals surface area contributed by atoms with Crippen LogP contribution in [0.3, 0.4) is 0 Å². The molecule has 0 radical (unpaired) electrons. The van der Waals surface area contributed by atoms with E-state index in [-0.39, 0.29) is 17.4 Å². The summed E-state index contributed by atoms with van der Waals surface area (Å²) in [5.74, 6) is -0.775. The molecular formula is C11H13BrFNO. The highest BCUT2D eigenvalue weighted by Crippen LogP contribution is 2.25. The van der Waals surface area contributed by atoms with Gasteiger partial charge >= 0.3 is 0 Å². The van der Waals surface area contributed by atoms with E-state index in [0.29, 0.717) is 10.2 Å². The third-order valence-electron chi connectivity index (χ3n) is 1.85. The molecule has 2 nitrogen and oxygen atoms in total. The highest BCUT2D eigenvalue weighted by atomic mass is 79.9. The lowest BCUT2D eigenvalue weighted by Gasteiger charge is -2.14. The minimum absolute atomic E-state index is 0.118. The summed E-state index contributed by atoms with van der Waals surface area (Å²) in [7, 11) is 0. The molecule has 0 amide bonds. The average molecular weight is 274 g/mol. The first kappa shape index (κ1) is 12.2. The summed E-state index contributed by atoms with van der Waals surface area (Å²) < 4.78 is 14.1. The zero-order chi connectivity index (χ0) is 11.6. The van der Waals surface area contributed by atoms with Crippen molar-refractivity contribution in [1.82, 2.24) is 0 Å².